The van der Waals surface area contributed by atoms with Crippen molar-refractivity contribution >= 4 is 11.6 Å². The van der Waals surface area contributed by atoms with Gasteiger partial charge >= 0.3 is 0 Å². The summed E-state index contributed by atoms with van der Waals surface area (Å²) < 4.78 is 10.8. The number of carbonyl (C=O) groups is 1. The van der Waals surface area contributed by atoms with Crippen molar-refractivity contribution in [3.63, 3.8) is 0 Å². The second kappa shape index (κ2) is 9.34. The van der Waals surface area contributed by atoms with Crippen LogP contribution in [0, 0.1) is 0 Å². The third-order valence-electron chi connectivity index (χ3n) is 2.69. The van der Waals surface area contributed by atoms with E-state index in [4.69, 9.17) is 15.2 Å². The Morgan fingerprint density at radius 2 is 2.10 bits per heavy atom. The van der Waals surface area contributed by atoms with Crippen LogP contribution in [0.4, 0.5) is 5.69 Å². The van der Waals surface area contributed by atoms with Crippen LogP contribution >= 0.6 is 0 Å². The van der Waals surface area contributed by atoms with Crippen LogP contribution in [0.5, 0.6) is 5.75 Å². The third-order valence-corrected chi connectivity index (χ3v) is 2.69. The van der Waals surface area contributed by atoms with E-state index < -0.39 is 0 Å². The molecule has 0 bridgehead atoms. The Morgan fingerprint density at radius 1 is 1.30 bits per heavy atom. The van der Waals surface area contributed by atoms with E-state index in [1.54, 1.807) is 0 Å². The molecule has 1 aromatic rings. The molecule has 3 N–H and O–H groups in total. The number of anilines is 1. The van der Waals surface area contributed by atoms with Gasteiger partial charge in [-0.2, -0.15) is 0 Å². The number of carbonyl (C=O) groups excluding carboxylic acids is 1. The minimum absolute atomic E-state index is 0.0618. The third kappa shape index (κ3) is 5.59. The summed E-state index contributed by atoms with van der Waals surface area (Å²) in [7, 11) is 0. The minimum atomic E-state index is -0.0618. The fourth-order valence-electron chi connectivity index (χ4n) is 1.75. The average molecular weight is 280 g/mol. The summed E-state index contributed by atoms with van der Waals surface area (Å²) in [4.78, 5) is 11.7. The lowest BCUT2D eigenvalue weighted by Crippen LogP contribution is -2.15. The standard InChI is InChI=1S/C15H24N2O3/c1-3-8-19-9-7-15(18)17-13-5-6-14(20-4-2)12(10-13)11-16/h5-6,10H,3-4,7-9,11,16H2,1-2H3,(H,17,18). The summed E-state index contributed by atoms with van der Waals surface area (Å²) in [5.41, 5.74) is 7.29. The maximum atomic E-state index is 11.7. The summed E-state index contributed by atoms with van der Waals surface area (Å²) in [5, 5.41) is 2.83. The van der Waals surface area contributed by atoms with Crippen molar-refractivity contribution < 1.29 is 14.3 Å². The van der Waals surface area contributed by atoms with Gasteiger partial charge in [-0.15, -0.1) is 0 Å². The zero-order chi connectivity index (χ0) is 14.8. The molecule has 0 spiro atoms. The minimum Gasteiger partial charge on any atom is -0.494 e. The number of nitrogens with two attached hydrogens (primary N) is 1. The van der Waals surface area contributed by atoms with Crippen LogP contribution in [0.2, 0.25) is 0 Å². The van der Waals surface area contributed by atoms with Crippen LogP contribution in [0.3, 0.4) is 0 Å². The zero-order valence-corrected chi connectivity index (χ0v) is 12.3. The van der Waals surface area contributed by atoms with E-state index in [9.17, 15) is 4.79 Å². The monoisotopic (exact) mass is 280 g/mol. The van der Waals surface area contributed by atoms with Crippen molar-refractivity contribution in [1.29, 1.82) is 0 Å². The molecule has 1 aromatic carbocycles. The first-order chi connectivity index (χ1) is 9.71. The van der Waals surface area contributed by atoms with Gasteiger partial charge in [0.1, 0.15) is 5.75 Å². The number of benzene rings is 1. The molecule has 0 radical (unpaired) electrons. The highest BCUT2D eigenvalue weighted by Crippen LogP contribution is 2.22. The normalized spacial score (nSPS) is 10.3. The Balaban J connectivity index is 2.52. The van der Waals surface area contributed by atoms with Gasteiger partial charge in [0.15, 0.2) is 0 Å². The van der Waals surface area contributed by atoms with Gasteiger partial charge in [-0.05, 0) is 31.5 Å². The maximum absolute atomic E-state index is 11.7. The Kier molecular flexibility index (Phi) is 7.69. The summed E-state index contributed by atoms with van der Waals surface area (Å²) in [6, 6.07) is 5.49. The highest BCUT2D eigenvalue weighted by Gasteiger charge is 2.06. The van der Waals surface area contributed by atoms with Gasteiger partial charge in [0.05, 0.1) is 19.6 Å². The molecule has 0 heterocycles. The van der Waals surface area contributed by atoms with Gasteiger partial charge < -0.3 is 20.5 Å². The highest BCUT2D eigenvalue weighted by molar-refractivity contribution is 5.90. The number of amides is 1. The first-order valence-corrected chi connectivity index (χ1v) is 7.04. The molecule has 1 amide bonds. The molecule has 0 aliphatic rings. The van der Waals surface area contributed by atoms with Crippen LogP contribution < -0.4 is 15.8 Å². The summed E-state index contributed by atoms with van der Waals surface area (Å²) in [6.07, 6.45) is 1.31. The molecule has 112 valence electrons. The maximum Gasteiger partial charge on any atom is 0.226 e. The molecule has 5 heteroatoms. The predicted molar refractivity (Wildman–Crippen MR) is 79.9 cm³/mol. The second-order valence-electron chi connectivity index (χ2n) is 4.37. The summed E-state index contributed by atoms with van der Waals surface area (Å²) >= 11 is 0. The molecule has 0 fully saturated rings. The molecule has 1 rings (SSSR count). The predicted octanol–water partition coefficient (Wildman–Crippen LogP) is 2.30. The fourth-order valence-corrected chi connectivity index (χ4v) is 1.75. The summed E-state index contributed by atoms with van der Waals surface area (Å²) in [6.45, 7) is 6.06. The molecule has 0 saturated carbocycles. The lowest BCUT2D eigenvalue weighted by Gasteiger charge is -2.11. The Bertz CT molecular complexity index is 422. The van der Waals surface area contributed by atoms with Gasteiger partial charge in [-0.3, -0.25) is 4.79 Å². The molecule has 0 aromatic heterocycles. The molecule has 0 aliphatic heterocycles. The molecular formula is C15H24N2O3. The first kappa shape index (κ1) is 16.5. The lowest BCUT2D eigenvalue weighted by molar-refractivity contribution is -0.117. The van der Waals surface area contributed by atoms with Crippen molar-refractivity contribution in [3.8, 4) is 5.75 Å². The van der Waals surface area contributed by atoms with E-state index in [-0.39, 0.29) is 5.91 Å². The van der Waals surface area contributed by atoms with Gasteiger partial charge in [0, 0.05) is 24.4 Å². The first-order valence-electron chi connectivity index (χ1n) is 7.04. The lowest BCUT2D eigenvalue weighted by atomic mass is 10.1. The molecule has 0 saturated heterocycles. The Hall–Kier alpha value is -1.59. The molecule has 20 heavy (non-hydrogen) atoms. The van der Waals surface area contributed by atoms with Crippen molar-refractivity contribution in [1.82, 2.24) is 0 Å². The van der Waals surface area contributed by atoms with Crippen molar-refractivity contribution in [2.75, 3.05) is 25.1 Å². The molecule has 0 aliphatic carbocycles. The molecular weight excluding hydrogens is 256 g/mol. The van der Waals surface area contributed by atoms with Gasteiger partial charge in [-0.25, -0.2) is 0 Å². The Morgan fingerprint density at radius 3 is 2.75 bits per heavy atom. The number of rotatable bonds is 9. The quantitative estimate of drug-likeness (QED) is 0.681. The van der Waals surface area contributed by atoms with Crippen LogP contribution in [0.15, 0.2) is 18.2 Å². The van der Waals surface area contributed by atoms with E-state index >= 15 is 0 Å². The number of hydrogen-bond donors (Lipinski definition) is 2. The van der Waals surface area contributed by atoms with Crippen LogP contribution in [0.1, 0.15) is 32.3 Å². The fraction of sp³-hybridized carbons (Fsp3) is 0.533. The van der Waals surface area contributed by atoms with Crippen LogP contribution in [-0.4, -0.2) is 25.7 Å². The van der Waals surface area contributed by atoms with E-state index in [0.29, 0.717) is 32.8 Å². The van der Waals surface area contributed by atoms with Crippen LogP contribution in [0.25, 0.3) is 0 Å². The van der Waals surface area contributed by atoms with Gasteiger partial charge in [0.2, 0.25) is 5.91 Å². The highest BCUT2D eigenvalue weighted by atomic mass is 16.5. The van der Waals surface area contributed by atoms with Crippen molar-refractivity contribution in [2.24, 2.45) is 5.73 Å². The van der Waals surface area contributed by atoms with E-state index in [1.165, 1.54) is 0 Å². The Labute approximate surface area is 120 Å². The van der Waals surface area contributed by atoms with Crippen molar-refractivity contribution in [3.05, 3.63) is 23.8 Å². The van der Waals surface area contributed by atoms with E-state index in [1.807, 2.05) is 32.0 Å². The average Bonchev–Trinajstić information content (AvgIpc) is 2.45. The summed E-state index contributed by atoms with van der Waals surface area (Å²) in [5.74, 6) is 0.701. The van der Waals surface area contributed by atoms with Crippen LogP contribution in [-0.2, 0) is 16.1 Å². The molecule has 0 unspecified atom stereocenters. The van der Waals surface area contributed by atoms with E-state index in [0.717, 1.165) is 23.4 Å². The molecule has 5 nitrogen and oxygen atoms in total. The second-order valence-corrected chi connectivity index (χ2v) is 4.37. The van der Waals surface area contributed by atoms with Crippen molar-refractivity contribution in [2.45, 2.75) is 33.2 Å². The SMILES string of the molecule is CCCOCCC(=O)Nc1ccc(OCC)c(CN)c1. The smallest absolute Gasteiger partial charge is 0.226 e. The topological polar surface area (TPSA) is 73.6 Å². The molecule has 0 atom stereocenters. The number of ether oxygens (including phenoxy) is 2. The van der Waals surface area contributed by atoms with Gasteiger partial charge in [-0.1, -0.05) is 6.92 Å². The number of hydrogen-bond acceptors (Lipinski definition) is 4. The largest absolute Gasteiger partial charge is 0.494 e. The zero-order valence-electron chi connectivity index (χ0n) is 12.3. The van der Waals surface area contributed by atoms with E-state index in [2.05, 4.69) is 5.32 Å². The number of nitrogens with one attached hydrogen (secondary N) is 1. The van der Waals surface area contributed by atoms with Gasteiger partial charge in [0.25, 0.3) is 0 Å².